The van der Waals surface area contributed by atoms with E-state index in [0.717, 1.165) is 11.4 Å². The van der Waals surface area contributed by atoms with Crippen LogP contribution >= 0.6 is 0 Å². The van der Waals surface area contributed by atoms with Gasteiger partial charge in [0.05, 0.1) is 17.8 Å². The molecule has 0 aliphatic rings. The van der Waals surface area contributed by atoms with Gasteiger partial charge in [0.15, 0.2) is 0 Å². The molecule has 1 N–H and O–H groups in total. The van der Waals surface area contributed by atoms with Gasteiger partial charge in [-0.25, -0.2) is 9.18 Å². The van der Waals surface area contributed by atoms with Gasteiger partial charge in [-0.15, -0.1) is 0 Å². The largest absolute Gasteiger partial charge is 0.478 e. The molecule has 1 heterocycles. The molecular weight excluding hydrogens is 247 g/mol. The van der Waals surface area contributed by atoms with Crippen LogP contribution in [0.25, 0.3) is 0 Å². The van der Waals surface area contributed by atoms with E-state index >= 15 is 0 Å². The minimum Gasteiger partial charge on any atom is -0.478 e. The van der Waals surface area contributed by atoms with Crippen LogP contribution in [-0.4, -0.2) is 23.1 Å². The lowest BCUT2D eigenvalue weighted by atomic mass is 10.2. The summed E-state index contributed by atoms with van der Waals surface area (Å²) in [7, 11) is 1.82. The van der Waals surface area contributed by atoms with E-state index in [1.165, 1.54) is 24.4 Å². The lowest BCUT2D eigenvalue weighted by Gasteiger charge is -2.18. The van der Waals surface area contributed by atoms with Crippen molar-refractivity contribution < 1.29 is 14.3 Å². The number of rotatable bonds is 4. The number of carboxylic acid groups (broad SMARTS) is 1. The number of carbonyl (C=O) groups is 1. The van der Waals surface area contributed by atoms with E-state index in [1.807, 2.05) is 11.9 Å². The molecule has 0 radical (unpaired) electrons. The Labute approximate surface area is 110 Å². The minimum absolute atomic E-state index is 0.150. The molecule has 5 heteroatoms. The van der Waals surface area contributed by atoms with Crippen molar-refractivity contribution in [1.29, 1.82) is 0 Å². The summed E-state index contributed by atoms with van der Waals surface area (Å²) in [5.74, 6) is -1.30. The lowest BCUT2D eigenvalue weighted by molar-refractivity contribution is 0.0696. The quantitative estimate of drug-likeness (QED) is 0.917. The van der Waals surface area contributed by atoms with E-state index in [1.54, 1.807) is 18.2 Å². The van der Waals surface area contributed by atoms with Crippen molar-refractivity contribution in [2.45, 2.75) is 6.54 Å². The van der Waals surface area contributed by atoms with Crippen LogP contribution in [0.3, 0.4) is 0 Å². The number of carboxylic acids is 1. The molecule has 0 saturated carbocycles. The van der Waals surface area contributed by atoms with E-state index in [0.29, 0.717) is 6.54 Å². The van der Waals surface area contributed by atoms with Crippen LogP contribution in [0.4, 0.5) is 10.1 Å². The third kappa shape index (κ3) is 3.28. The predicted molar refractivity (Wildman–Crippen MR) is 69.7 cm³/mol. The number of benzene rings is 1. The minimum atomic E-state index is -1.00. The van der Waals surface area contributed by atoms with Gasteiger partial charge >= 0.3 is 5.97 Å². The Bertz CT molecular complexity index is 584. The average molecular weight is 260 g/mol. The molecule has 4 nitrogen and oxygen atoms in total. The van der Waals surface area contributed by atoms with E-state index in [4.69, 9.17) is 5.11 Å². The van der Waals surface area contributed by atoms with Crippen molar-refractivity contribution in [1.82, 2.24) is 4.98 Å². The summed E-state index contributed by atoms with van der Waals surface area (Å²) >= 11 is 0. The molecular formula is C14H13FN2O2. The molecule has 98 valence electrons. The second-order valence-electron chi connectivity index (χ2n) is 4.18. The van der Waals surface area contributed by atoms with Crippen LogP contribution in [0, 0.1) is 5.82 Å². The van der Waals surface area contributed by atoms with Gasteiger partial charge in [0.25, 0.3) is 0 Å². The fraction of sp³-hybridized carbons (Fsp3) is 0.143. The van der Waals surface area contributed by atoms with Gasteiger partial charge in [-0.2, -0.15) is 0 Å². The summed E-state index contributed by atoms with van der Waals surface area (Å²) < 4.78 is 13.1. The van der Waals surface area contributed by atoms with E-state index in [2.05, 4.69) is 4.98 Å². The second-order valence-corrected chi connectivity index (χ2v) is 4.18. The van der Waals surface area contributed by atoms with E-state index < -0.39 is 5.97 Å². The van der Waals surface area contributed by atoms with Crippen LogP contribution in [0.2, 0.25) is 0 Å². The van der Waals surface area contributed by atoms with Crippen molar-refractivity contribution in [3.05, 3.63) is 59.7 Å². The van der Waals surface area contributed by atoms with E-state index in [-0.39, 0.29) is 11.4 Å². The first kappa shape index (κ1) is 13.0. The van der Waals surface area contributed by atoms with Gasteiger partial charge in [-0.1, -0.05) is 6.07 Å². The van der Waals surface area contributed by atoms with Crippen molar-refractivity contribution in [2.24, 2.45) is 0 Å². The molecule has 0 aliphatic heterocycles. The van der Waals surface area contributed by atoms with Crippen molar-refractivity contribution >= 4 is 11.7 Å². The van der Waals surface area contributed by atoms with Crippen molar-refractivity contribution in [3.8, 4) is 0 Å². The monoisotopic (exact) mass is 260 g/mol. The number of aromatic carboxylic acids is 1. The van der Waals surface area contributed by atoms with Gasteiger partial charge in [0.2, 0.25) is 0 Å². The molecule has 19 heavy (non-hydrogen) atoms. The molecule has 0 bridgehead atoms. The topological polar surface area (TPSA) is 53.4 Å². The Hall–Kier alpha value is -2.43. The lowest BCUT2D eigenvalue weighted by Crippen LogP contribution is -2.17. The Balaban J connectivity index is 2.10. The SMILES string of the molecule is CN(Cc1ccc(C(=O)O)cn1)c1cccc(F)c1. The number of nitrogens with zero attached hydrogens (tertiary/aromatic N) is 2. The highest BCUT2D eigenvalue weighted by Crippen LogP contribution is 2.16. The fourth-order valence-corrected chi connectivity index (χ4v) is 1.69. The Morgan fingerprint density at radius 3 is 2.74 bits per heavy atom. The first-order valence-electron chi connectivity index (χ1n) is 5.71. The summed E-state index contributed by atoms with van der Waals surface area (Å²) in [4.78, 5) is 16.6. The number of aromatic nitrogens is 1. The number of hydrogen-bond acceptors (Lipinski definition) is 3. The maximum Gasteiger partial charge on any atom is 0.337 e. The van der Waals surface area contributed by atoms with Crippen molar-refractivity contribution in [2.75, 3.05) is 11.9 Å². The van der Waals surface area contributed by atoms with Crippen LogP contribution in [0.5, 0.6) is 0 Å². The normalized spacial score (nSPS) is 10.2. The Kier molecular flexibility index (Phi) is 3.75. The number of pyridine rings is 1. The molecule has 0 atom stereocenters. The first-order chi connectivity index (χ1) is 9.06. The molecule has 0 spiro atoms. The smallest absolute Gasteiger partial charge is 0.337 e. The van der Waals surface area contributed by atoms with Gasteiger partial charge < -0.3 is 10.0 Å². The van der Waals surface area contributed by atoms with Gasteiger partial charge in [-0.05, 0) is 30.3 Å². The standard InChI is InChI=1S/C14H13FN2O2/c1-17(13-4-2-3-11(15)7-13)9-12-6-5-10(8-16-12)14(18)19/h2-8H,9H2,1H3,(H,18,19). The van der Waals surface area contributed by atoms with Crippen LogP contribution in [0.15, 0.2) is 42.6 Å². The van der Waals surface area contributed by atoms with Gasteiger partial charge in [0, 0.05) is 18.9 Å². The highest BCUT2D eigenvalue weighted by molar-refractivity contribution is 5.87. The van der Waals surface area contributed by atoms with Crippen LogP contribution in [-0.2, 0) is 6.54 Å². The third-order valence-electron chi connectivity index (χ3n) is 2.72. The molecule has 1 aromatic heterocycles. The predicted octanol–water partition coefficient (Wildman–Crippen LogP) is 2.56. The molecule has 0 unspecified atom stereocenters. The van der Waals surface area contributed by atoms with Crippen LogP contribution in [0.1, 0.15) is 16.1 Å². The third-order valence-corrected chi connectivity index (χ3v) is 2.72. The van der Waals surface area contributed by atoms with Gasteiger partial charge in [-0.3, -0.25) is 4.98 Å². The van der Waals surface area contributed by atoms with E-state index in [9.17, 15) is 9.18 Å². The molecule has 1 aromatic carbocycles. The van der Waals surface area contributed by atoms with Crippen LogP contribution < -0.4 is 4.90 Å². The summed E-state index contributed by atoms with van der Waals surface area (Å²) in [6.45, 7) is 0.476. The summed E-state index contributed by atoms with van der Waals surface area (Å²) in [6, 6.07) is 9.42. The van der Waals surface area contributed by atoms with Gasteiger partial charge in [0.1, 0.15) is 5.82 Å². The summed E-state index contributed by atoms with van der Waals surface area (Å²) in [5, 5.41) is 8.77. The Morgan fingerprint density at radius 1 is 1.37 bits per heavy atom. The molecule has 0 amide bonds. The molecule has 0 fully saturated rings. The molecule has 0 aliphatic carbocycles. The zero-order valence-corrected chi connectivity index (χ0v) is 10.4. The number of halogens is 1. The summed E-state index contributed by atoms with van der Waals surface area (Å²) in [6.07, 6.45) is 1.32. The fourth-order valence-electron chi connectivity index (χ4n) is 1.69. The Morgan fingerprint density at radius 2 is 2.16 bits per heavy atom. The zero-order valence-electron chi connectivity index (χ0n) is 10.4. The molecule has 0 saturated heterocycles. The average Bonchev–Trinajstić information content (AvgIpc) is 2.39. The van der Waals surface area contributed by atoms with Crippen molar-refractivity contribution in [3.63, 3.8) is 0 Å². The molecule has 2 aromatic rings. The molecule has 2 rings (SSSR count). The maximum atomic E-state index is 13.1. The maximum absolute atomic E-state index is 13.1. The first-order valence-corrected chi connectivity index (χ1v) is 5.71. The highest BCUT2D eigenvalue weighted by atomic mass is 19.1. The number of hydrogen-bond donors (Lipinski definition) is 1. The zero-order chi connectivity index (χ0) is 13.8. The number of anilines is 1. The summed E-state index contributed by atoms with van der Waals surface area (Å²) in [5.41, 5.74) is 1.61. The highest BCUT2D eigenvalue weighted by Gasteiger charge is 2.06. The second kappa shape index (κ2) is 5.48.